The molecule has 7 rings (SSSR count). The van der Waals surface area contributed by atoms with E-state index in [0.717, 1.165) is 43.4 Å². The number of halogens is 3. The summed E-state index contributed by atoms with van der Waals surface area (Å²) in [5.41, 5.74) is -3.48. The van der Waals surface area contributed by atoms with Crippen LogP contribution in [-0.2, 0) is 23.9 Å². The Morgan fingerprint density at radius 2 is 1.62 bits per heavy atom. The quantitative estimate of drug-likeness (QED) is 0.393. The molecule has 0 unspecified atom stereocenters. The fourth-order valence-electron chi connectivity index (χ4n) is 8.35. The highest BCUT2D eigenvalue weighted by molar-refractivity contribution is 5.96. The first kappa shape index (κ1) is 34.9. The van der Waals surface area contributed by atoms with Gasteiger partial charge in [-0.1, -0.05) is 0 Å². The number of rotatable bonds is 9. The van der Waals surface area contributed by atoms with Gasteiger partial charge in [-0.2, -0.15) is 13.2 Å². The van der Waals surface area contributed by atoms with Gasteiger partial charge in [0.25, 0.3) is 5.91 Å². The Labute approximate surface area is 288 Å². The summed E-state index contributed by atoms with van der Waals surface area (Å²) < 4.78 is 53.3. The second-order valence-corrected chi connectivity index (χ2v) is 15.5. The molecule has 4 amide bonds. The zero-order chi connectivity index (χ0) is 35.5. The molecule has 4 saturated heterocycles. The highest BCUT2D eigenvalue weighted by Crippen LogP contribution is 2.60. The number of ether oxygens (including phenoxy) is 2. The average molecular weight is 707 g/mol. The van der Waals surface area contributed by atoms with Gasteiger partial charge in [-0.05, 0) is 69.6 Å². The van der Waals surface area contributed by atoms with Crippen molar-refractivity contribution in [3.05, 3.63) is 18.1 Å². The molecule has 0 bridgehead atoms. The fourth-order valence-corrected chi connectivity index (χ4v) is 8.35. The van der Waals surface area contributed by atoms with Crippen molar-refractivity contribution in [2.75, 3.05) is 59.1 Å². The number of hydrogen-bond acceptors (Lipinski definition) is 9. The second-order valence-electron chi connectivity index (χ2n) is 15.5. The van der Waals surface area contributed by atoms with Crippen LogP contribution in [0.4, 0.5) is 13.2 Å². The molecule has 3 atom stereocenters. The van der Waals surface area contributed by atoms with E-state index in [2.05, 4.69) is 15.3 Å². The summed E-state index contributed by atoms with van der Waals surface area (Å²) in [7, 11) is 0. The van der Waals surface area contributed by atoms with Crippen molar-refractivity contribution in [1.82, 2.24) is 30.0 Å². The van der Waals surface area contributed by atoms with Crippen molar-refractivity contribution in [2.24, 2.45) is 28.1 Å². The first-order valence-corrected chi connectivity index (χ1v) is 17.7. The molecule has 0 radical (unpaired) electrons. The number of piperidine rings is 1. The van der Waals surface area contributed by atoms with E-state index in [1.165, 1.54) is 17.3 Å². The fraction of sp³-hybridized carbons (Fsp3) is 0.765. The monoisotopic (exact) mass is 706 g/mol. The molecule has 6 aliphatic rings. The highest BCUT2D eigenvalue weighted by atomic mass is 19.4. The molecule has 13 nitrogen and oxygen atoms in total. The molecule has 6 fully saturated rings. The number of nitrogens with zero attached hydrogens (tertiary/aromatic N) is 5. The van der Waals surface area contributed by atoms with Crippen LogP contribution in [0.3, 0.4) is 0 Å². The van der Waals surface area contributed by atoms with E-state index in [1.54, 1.807) is 11.8 Å². The number of likely N-dealkylation sites (tertiary alicyclic amines) is 3. The smallest absolute Gasteiger partial charge is 0.403 e. The Morgan fingerprint density at radius 3 is 2.22 bits per heavy atom. The molecule has 2 saturated carbocycles. The lowest BCUT2D eigenvalue weighted by Gasteiger charge is -2.51. The van der Waals surface area contributed by atoms with E-state index in [-0.39, 0.29) is 56.5 Å². The van der Waals surface area contributed by atoms with Gasteiger partial charge in [0, 0.05) is 70.3 Å². The number of nitrogens with one attached hydrogen (secondary N) is 1. The van der Waals surface area contributed by atoms with Crippen LogP contribution in [-0.4, -0.2) is 131 Å². The largest absolute Gasteiger partial charge is 0.492 e. The predicted molar refractivity (Wildman–Crippen MR) is 168 cm³/mol. The molecule has 1 aromatic heterocycles. The van der Waals surface area contributed by atoms with Gasteiger partial charge in [-0.3, -0.25) is 19.2 Å². The van der Waals surface area contributed by atoms with Crippen LogP contribution in [0.5, 0.6) is 5.88 Å². The zero-order valence-electron chi connectivity index (χ0n) is 28.3. The van der Waals surface area contributed by atoms with Gasteiger partial charge >= 0.3 is 6.18 Å². The topological polar surface area (TPSA) is 154 Å². The second kappa shape index (κ2) is 12.9. The Balaban J connectivity index is 1.11. The van der Waals surface area contributed by atoms with Gasteiger partial charge in [-0.25, -0.2) is 9.97 Å². The van der Waals surface area contributed by atoms with Crippen molar-refractivity contribution in [3.63, 3.8) is 0 Å². The van der Waals surface area contributed by atoms with Crippen LogP contribution in [0.2, 0.25) is 0 Å². The van der Waals surface area contributed by atoms with Gasteiger partial charge in [0.15, 0.2) is 5.69 Å². The standard InChI is InChI=1S/C34H45F3N6O7/c1-21(50-17-22-2-14-49-15-3-22)24(28(46)41-12-8-31(4-5-31)9-13-41)40-26(44)23-16-42(29(47)25-27(45)39-11-10-38-25)18-32(23)19-43(20-32)30(48)33(6-7-33)34(35,36)37/h10-11,21-24H,2-9,12-20H2,1H3,(H,39,45)(H,40,44)/t21-,23+,24+/m1/s1. The number of amides is 4. The third-order valence-corrected chi connectivity index (χ3v) is 12.2. The normalized spacial score (nSPS) is 26.3. The molecular formula is C34H45F3N6O7. The molecule has 274 valence electrons. The summed E-state index contributed by atoms with van der Waals surface area (Å²) in [6.45, 7) is 4.01. The average Bonchev–Trinajstić information content (AvgIpc) is 4.02. The van der Waals surface area contributed by atoms with Crippen LogP contribution in [0.15, 0.2) is 12.4 Å². The third-order valence-electron chi connectivity index (χ3n) is 12.2. The lowest BCUT2D eigenvalue weighted by atomic mass is 9.70. The molecule has 2 N–H and O–H groups in total. The Kier molecular flexibility index (Phi) is 9.01. The number of carbonyl (C=O) groups excluding carboxylic acids is 4. The van der Waals surface area contributed by atoms with E-state index < -0.39 is 58.7 Å². The minimum absolute atomic E-state index is 0.0641. The van der Waals surface area contributed by atoms with Crippen molar-refractivity contribution in [2.45, 2.75) is 76.6 Å². The summed E-state index contributed by atoms with van der Waals surface area (Å²) in [6.07, 6.45) is 2.28. The Hall–Kier alpha value is -3.53. The van der Waals surface area contributed by atoms with Gasteiger partial charge in [0.2, 0.25) is 23.6 Å². The van der Waals surface area contributed by atoms with Crippen molar-refractivity contribution >= 4 is 23.6 Å². The molecule has 16 heteroatoms. The highest BCUT2D eigenvalue weighted by Gasteiger charge is 2.71. The van der Waals surface area contributed by atoms with E-state index in [4.69, 9.17) is 9.47 Å². The number of alkyl halides is 3. The maximum absolute atomic E-state index is 14.3. The summed E-state index contributed by atoms with van der Waals surface area (Å²) in [5, 5.41) is 13.2. The van der Waals surface area contributed by atoms with E-state index in [1.807, 2.05) is 0 Å². The molecule has 1 aromatic rings. The number of aromatic hydroxyl groups is 1. The molecule has 4 aliphatic heterocycles. The van der Waals surface area contributed by atoms with Gasteiger partial charge in [0.1, 0.15) is 11.5 Å². The Morgan fingerprint density at radius 1 is 0.980 bits per heavy atom. The van der Waals surface area contributed by atoms with Crippen LogP contribution in [0, 0.1) is 28.1 Å². The minimum Gasteiger partial charge on any atom is -0.492 e. The maximum atomic E-state index is 14.3. The molecule has 2 spiro atoms. The molecule has 0 aromatic carbocycles. The summed E-state index contributed by atoms with van der Waals surface area (Å²) in [5.74, 6) is -3.85. The third kappa shape index (κ3) is 6.41. The van der Waals surface area contributed by atoms with Crippen LogP contribution >= 0.6 is 0 Å². The maximum Gasteiger partial charge on any atom is 0.403 e. The van der Waals surface area contributed by atoms with E-state index in [9.17, 15) is 37.5 Å². The van der Waals surface area contributed by atoms with E-state index in [0.29, 0.717) is 38.3 Å². The summed E-state index contributed by atoms with van der Waals surface area (Å²) >= 11 is 0. The summed E-state index contributed by atoms with van der Waals surface area (Å²) in [4.78, 5) is 67.0. The van der Waals surface area contributed by atoms with Crippen LogP contribution < -0.4 is 5.32 Å². The minimum atomic E-state index is -4.69. The lowest BCUT2D eigenvalue weighted by Crippen LogP contribution is -2.67. The van der Waals surface area contributed by atoms with Gasteiger partial charge in [-0.15, -0.1) is 0 Å². The SMILES string of the molecule is C[C@@H](OCC1CCOCC1)[C@H](NC(=O)[C@@H]1CN(C(=O)c2nccnc2O)CC12CN(C(=O)C1(C(F)(F)F)CC1)C2)C(=O)N1CCC2(CC1)CC2. The van der Waals surface area contributed by atoms with Crippen LogP contribution in [0.1, 0.15) is 68.8 Å². The predicted octanol–water partition coefficient (Wildman–Crippen LogP) is 2.14. The first-order chi connectivity index (χ1) is 23.8. The molecule has 5 heterocycles. The molecule has 2 aliphatic carbocycles. The number of aromatic nitrogens is 2. The van der Waals surface area contributed by atoms with Crippen molar-refractivity contribution in [3.8, 4) is 5.88 Å². The Bertz CT molecular complexity index is 1500. The van der Waals surface area contributed by atoms with Crippen molar-refractivity contribution < 1.29 is 46.9 Å². The van der Waals surface area contributed by atoms with Gasteiger partial charge < -0.3 is 34.6 Å². The molecule has 50 heavy (non-hydrogen) atoms. The zero-order valence-corrected chi connectivity index (χ0v) is 28.3. The lowest BCUT2D eigenvalue weighted by molar-refractivity contribution is -0.205. The van der Waals surface area contributed by atoms with Crippen LogP contribution in [0.25, 0.3) is 0 Å². The number of hydrogen-bond donors (Lipinski definition) is 2. The van der Waals surface area contributed by atoms with Crippen molar-refractivity contribution in [1.29, 1.82) is 0 Å². The first-order valence-electron chi connectivity index (χ1n) is 17.7. The van der Waals surface area contributed by atoms with E-state index >= 15 is 0 Å². The number of carbonyl (C=O) groups is 4. The van der Waals surface area contributed by atoms with Gasteiger partial charge in [0.05, 0.1) is 18.6 Å². The summed E-state index contributed by atoms with van der Waals surface area (Å²) in [6, 6.07) is -1.04. The molecular weight excluding hydrogens is 661 g/mol.